The molecule has 27 heavy (non-hydrogen) atoms. The van der Waals surface area contributed by atoms with E-state index in [0.29, 0.717) is 27.6 Å². The summed E-state index contributed by atoms with van der Waals surface area (Å²) in [5, 5.41) is 8.61. The van der Waals surface area contributed by atoms with Gasteiger partial charge in [0.15, 0.2) is 5.82 Å². The molecule has 0 atom stereocenters. The number of nitrogens with one attached hydrogen (secondary N) is 1. The van der Waals surface area contributed by atoms with Crippen LogP contribution >= 0.6 is 35.0 Å². The van der Waals surface area contributed by atoms with Crippen molar-refractivity contribution in [2.75, 3.05) is 12.8 Å². The smallest absolute Gasteiger partial charge is 0.233 e. The Bertz CT molecular complexity index is 943. The van der Waals surface area contributed by atoms with Crippen molar-refractivity contribution in [3.8, 4) is 11.4 Å². The number of benzene rings is 2. The fourth-order valence-electron chi connectivity index (χ4n) is 2.39. The zero-order chi connectivity index (χ0) is 19.4. The number of amides is 1. The topological polar surface area (TPSA) is 61.9 Å². The zero-order valence-electron chi connectivity index (χ0n) is 14.9. The molecular formula is C19H18Cl2N4OS. The minimum atomic E-state index is -0.0206. The van der Waals surface area contributed by atoms with Crippen LogP contribution in [0.2, 0.25) is 10.0 Å². The fourth-order valence-corrected chi connectivity index (χ4v) is 3.45. The summed E-state index contributed by atoms with van der Waals surface area (Å²) >= 11 is 13.2. The first-order valence-corrected chi connectivity index (χ1v) is 9.96. The molecule has 0 radical (unpaired) electrons. The van der Waals surface area contributed by atoms with Crippen LogP contribution in [-0.2, 0) is 11.3 Å². The van der Waals surface area contributed by atoms with Gasteiger partial charge in [-0.1, -0.05) is 70.9 Å². The lowest BCUT2D eigenvalue weighted by Crippen LogP contribution is -2.27. The van der Waals surface area contributed by atoms with Gasteiger partial charge in [0, 0.05) is 19.2 Å². The summed E-state index contributed by atoms with van der Waals surface area (Å²) in [4.78, 5) is 18.4. The number of thioether (sulfide) groups is 1. The van der Waals surface area contributed by atoms with E-state index in [0.717, 1.165) is 11.1 Å². The molecule has 1 N–H and O–H groups in total. The third-order valence-electron chi connectivity index (χ3n) is 3.94. The Balaban J connectivity index is 1.55. The van der Waals surface area contributed by atoms with Gasteiger partial charge in [-0.2, -0.15) is 0 Å². The van der Waals surface area contributed by atoms with E-state index in [2.05, 4.69) is 15.2 Å². The van der Waals surface area contributed by atoms with E-state index in [1.54, 1.807) is 24.1 Å². The lowest BCUT2D eigenvalue weighted by molar-refractivity contribution is -0.127. The highest BCUT2D eigenvalue weighted by atomic mass is 35.5. The molecule has 5 nitrogen and oxygen atoms in total. The molecule has 0 aliphatic carbocycles. The average molecular weight is 421 g/mol. The van der Waals surface area contributed by atoms with Gasteiger partial charge in [-0.15, -0.1) is 5.10 Å². The third kappa shape index (κ3) is 5.25. The number of hydrogen-bond acceptors (Lipinski definition) is 4. The van der Waals surface area contributed by atoms with Gasteiger partial charge < -0.3 is 4.90 Å². The van der Waals surface area contributed by atoms with E-state index >= 15 is 0 Å². The second kappa shape index (κ2) is 8.78. The summed E-state index contributed by atoms with van der Waals surface area (Å²) in [5.41, 5.74) is 3.07. The van der Waals surface area contributed by atoms with Crippen molar-refractivity contribution < 1.29 is 4.79 Å². The van der Waals surface area contributed by atoms with Crippen LogP contribution in [0.3, 0.4) is 0 Å². The van der Waals surface area contributed by atoms with Gasteiger partial charge in [-0.25, -0.2) is 4.98 Å². The monoisotopic (exact) mass is 420 g/mol. The predicted octanol–water partition coefficient (Wildman–Crippen LogP) is 4.84. The highest BCUT2D eigenvalue weighted by Gasteiger charge is 2.13. The lowest BCUT2D eigenvalue weighted by Gasteiger charge is -2.17. The van der Waals surface area contributed by atoms with Crippen molar-refractivity contribution in [1.29, 1.82) is 0 Å². The molecule has 3 aromatic rings. The molecule has 140 valence electrons. The predicted molar refractivity (Wildman–Crippen MR) is 110 cm³/mol. The van der Waals surface area contributed by atoms with Crippen LogP contribution < -0.4 is 0 Å². The summed E-state index contributed by atoms with van der Waals surface area (Å²) < 4.78 is 0. The molecule has 3 rings (SSSR count). The number of aromatic nitrogens is 3. The van der Waals surface area contributed by atoms with Crippen molar-refractivity contribution in [2.45, 2.75) is 18.6 Å². The molecule has 2 aromatic carbocycles. The molecule has 0 saturated heterocycles. The van der Waals surface area contributed by atoms with Gasteiger partial charge in [0.05, 0.1) is 15.8 Å². The number of halogens is 2. The zero-order valence-corrected chi connectivity index (χ0v) is 17.2. The minimum absolute atomic E-state index is 0.0206. The van der Waals surface area contributed by atoms with E-state index in [9.17, 15) is 4.79 Å². The van der Waals surface area contributed by atoms with Gasteiger partial charge >= 0.3 is 0 Å². The quantitative estimate of drug-likeness (QED) is 0.579. The first kappa shape index (κ1) is 19.7. The first-order valence-electron chi connectivity index (χ1n) is 8.22. The Morgan fingerprint density at radius 3 is 2.59 bits per heavy atom. The number of nitrogens with zero attached hydrogens (tertiary/aromatic N) is 3. The largest absolute Gasteiger partial charge is 0.341 e. The molecule has 8 heteroatoms. The Hall–Kier alpha value is -2.02. The maximum atomic E-state index is 12.4. The number of hydrogen-bond donors (Lipinski definition) is 1. The van der Waals surface area contributed by atoms with Gasteiger partial charge in [0.2, 0.25) is 11.1 Å². The SMILES string of the molecule is Cc1ccc(-c2nc(SCC(=O)N(C)Cc3ccc(Cl)c(Cl)c3)n[nH]2)cc1. The number of H-pyrrole nitrogens is 1. The van der Waals surface area contributed by atoms with Crippen LogP contribution in [0, 0.1) is 6.92 Å². The van der Waals surface area contributed by atoms with Gasteiger partial charge in [0.25, 0.3) is 0 Å². The maximum Gasteiger partial charge on any atom is 0.233 e. The molecule has 1 amide bonds. The number of carbonyl (C=O) groups excluding carboxylic acids is 1. The molecule has 0 fully saturated rings. The molecule has 1 aromatic heterocycles. The molecule has 0 aliphatic heterocycles. The summed E-state index contributed by atoms with van der Waals surface area (Å²) in [6.45, 7) is 2.49. The highest BCUT2D eigenvalue weighted by Crippen LogP contribution is 2.24. The molecule has 0 spiro atoms. The molecule has 0 bridgehead atoms. The number of rotatable bonds is 6. The first-order chi connectivity index (χ1) is 12.9. The number of aryl methyl sites for hydroxylation is 1. The Morgan fingerprint density at radius 2 is 1.89 bits per heavy atom. The van der Waals surface area contributed by atoms with Crippen LogP contribution in [0.25, 0.3) is 11.4 Å². The Morgan fingerprint density at radius 1 is 1.15 bits per heavy atom. The van der Waals surface area contributed by atoms with Gasteiger partial charge in [-0.3, -0.25) is 9.89 Å². The van der Waals surface area contributed by atoms with Crippen molar-refractivity contribution in [2.24, 2.45) is 0 Å². The summed E-state index contributed by atoms with van der Waals surface area (Å²) in [5.74, 6) is 0.921. The standard InChI is InChI=1S/C19H18Cl2N4OS/c1-12-3-6-14(7-4-12)18-22-19(24-23-18)27-11-17(26)25(2)10-13-5-8-15(20)16(21)9-13/h3-9H,10-11H2,1-2H3,(H,22,23,24). The van der Waals surface area contributed by atoms with Gasteiger partial charge in [-0.05, 0) is 24.6 Å². The minimum Gasteiger partial charge on any atom is -0.341 e. The molecule has 0 saturated carbocycles. The fraction of sp³-hybridized carbons (Fsp3) is 0.211. The summed E-state index contributed by atoms with van der Waals surface area (Å²) in [6.07, 6.45) is 0. The molecule has 1 heterocycles. The second-order valence-electron chi connectivity index (χ2n) is 6.12. The van der Waals surface area contributed by atoms with E-state index < -0.39 is 0 Å². The second-order valence-corrected chi connectivity index (χ2v) is 7.88. The van der Waals surface area contributed by atoms with Crippen LogP contribution in [-0.4, -0.2) is 38.8 Å². The number of carbonyl (C=O) groups is 1. The Labute approximate surface area is 172 Å². The summed E-state index contributed by atoms with van der Waals surface area (Å²) in [7, 11) is 1.75. The van der Waals surface area contributed by atoms with Crippen LogP contribution in [0.5, 0.6) is 0 Å². The van der Waals surface area contributed by atoms with Crippen molar-refractivity contribution in [1.82, 2.24) is 20.1 Å². The van der Waals surface area contributed by atoms with Gasteiger partial charge in [0.1, 0.15) is 0 Å². The van der Waals surface area contributed by atoms with E-state index in [1.807, 2.05) is 37.3 Å². The average Bonchev–Trinajstić information content (AvgIpc) is 3.12. The Kier molecular flexibility index (Phi) is 6.42. The third-order valence-corrected chi connectivity index (χ3v) is 5.52. The van der Waals surface area contributed by atoms with E-state index in [1.165, 1.54) is 17.3 Å². The molecular weight excluding hydrogens is 403 g/mol. The van der Waals surface area contributed by atoms with E-state index in [4.69, 9.17) is 23.2 Å². The normalized spacial score (nSPS) is 10.8. The van der Waals surface area contributed by atoms with Crippen LogP contribution in [0.1, 0.15) is 11.1 Å². The van der Waals surface area contributed by atoms with Crippen molar-refractivity contribution in [3.63, 3.8) is 0 Å². The maximum absolute atomic E-state index is 12.4. The molecule has 0 aliphatic rings. The lowest BCUT2D eigenvalue weighted by atomic mass is 10.1. The van der Waals surface area contributed by atoms with Crippen LogP contribution in [0.4, 0.5) is 0 Å². The van der Waals surface area contributed by atoms with Crippen LogP contribution in [0.15, 0.2) is 47.6 Å². The molecule has 0 unspecified atom stereocenters. The van der Waals surface area contributed by atoms with Crippen molar-refractivity contribution >= 4 is 40.9 Å². The highest BCUT2D eigenvalue weighted by molar-refractivity contribution is 7.99. The van der Waals surface area contributed by atoms with Crippen molar-refractivity contribution in [3.05, 3.63) is 63.6 Å². The number of aromatic amines is 1. The van der Waals surface area contributed by atoms with E-state index in [-0.39, 0.29) is 11.7 Å². The summed E-state index contributed by atoms with van der Waals surface area (Å²) in [6, 6.07) is 13.4.